The van der Waals surface area contributed by atoms with Crippen LogP contribution in [0.1, 0.15) is 13.8 Å². The Morgan fingerprint density at radius 1 is 1.30 bits per heavy atom. The van der Waals surface area contributed by atoms with E-state index in [1.54, 1.807) is 13.1 Å². The molecule has 1 rings (SSSR count). The van der Waals surface area contributed by atoms with Gasteiger partial charge in [0.25, 0.3) is 5.69 Å². The van der Waals surface area contributed by atoms with E-state index in [0.717, 1.165) is 0 Å². The normalized spacial score (nSPS) is 11.8. The van der Waals surface area contributed by atoms with E-state index < -0.39 is 16.9 Å². The van der Waals surface area contributed by atoms with Gasteiger partial charge in [-0.15, -0.1) is 0 Å². The number of anilines is 2. The number of nitro groups is 1. The van der Waals surface area contributed by atoms with E-state index in [9.17, 15) is 14.9 Å². The first-order chi connectivity index (χ1) is 9.38. The second-order valence-corrected chi connectivity index (χ2v) is 4.66. The molecule has 20 heavy (non-hydrogen) atoms. The lowest BCUT2D eigenvalue weighted by molar-refractivity contribution is -0.384. The average Bonchev–Trinajstić information content (AvgIpc) is 2.43. The predicted molar refractivity (Wildman–Crippen MR) is 76.9 cm³/mol. The van der Waals surface area contributed by atoms with Gasteiger partial charge in [0, 0.05) is 30.6 Å². The Bertz CT molecular complexity index is 502. The van der Waals surface area contributed by atoms with Gasteiger partial charge in [-0.3, -0.25) is 10.1 Å². The van der Waals surface area contributed by atoms with Gasteiger partial charge in [-0.2, -0.15) is 0 Å². The Morgan fingerprint density at radius 2 is 1.90 bits per heavy atom. The highest BCUT2D eigenvalue weighted by Crippen LogP contribution is 2.25. The number of benzene rings is 1. The molecule has 0 heterocycles. The first kappa shape index (κ1) is 15.7. The van der Waals surface area contributed by atoms with Gasteiger partial charge in [0.1, 0.15) is 6.04 Å². The molecule has 0 radical (unpaired) electrons. The van der Waals surface area contributed by atoms with Crippen molar-refractivity contribution in [1.29, 1.82) is 0 Å². The van der Waals surface area contributed by atoms with Crippen LogP contribution in [0, 0.1) is 16.0 Å². The molecule has 1 aromatic carbocycles. The van der Waals surface area contributed by atoms with Crippen LogP contribution in [0.2, 0.25) is 0 Å². The number of methoxy groups -OCH3 is 1. The summed E-state index contributed by atoms with van der Waals surface area (Å²) in [6.07, 6.45) is 0. The number of nitrogens with one attached hydrogen (secondary N) is 2. The molecule has 0 saturated heterocycles. The van der Waals surface area contributed by atoms with Gasteiger partial charge in [0.2, 0.25) is 0 Å². The fraction of sp³-hybridized carbons (Fsp3) is 0.462. The van der Waals surface area contributed by atoms with E-state index >= 15 is 0 Å². The lowest BCUT2D eigenvalue weighted by atomic mass is 10.0. The summed E-state index contributed by atoms with van der Waals surface area (Å²) in [6, 6.07) is 3.95. The van der Waals surface area contributed by atoms with Crippen molar-refractivity contribution in [2.45, 2.75) is 19.9 Å². The molecular weight excluding hydrogens is 262 g/mol. The minimum absolute atomic E-state index is 0.0141. The predicted octanol–water partition coefficient (Wildman–Crippen LogP) is 2.25. The Morgan fingerprint density at radius 3 is 2.35 bits per heavy atom. The molecule has 0 spiro atoms. The molecule has 0 aliphatic carbocycles. The number of rotatable bonds is 6. The van der Waals surface area contributed by atoms with Gasteiger partial charge < -0.3 is 15.4 Å². The van der Waals surface area contributed by atoms with Gasteiger partial charge >= 0.3 is 5.97 Å². The third kappa shape index (κ3) is 3.84. The zero-order valence-electron chi connectivity index (χ0n) is 12.0. The Kier molecular flexibility index (Phi) is 5.31. The van der Waals surface area contributed by atoms with Crippen molar-refractivity contribution in [1.82, 2.24) is 0 Å². The van der Waals surface area contributed by atoms with Crippen molar-refractivity contribution >= 4 is 23.0 Å². The molecule has 110 valence electrons. The molecule has 7 nitrogen and oxygen atoms in total. The Labute approximate surface area is 117 Å². The summed E-state index contributed by atoms with van der Waals surface area (Å²) in [6.45, 7) is 3.73. The van der Waals surface area contributed by atoms with Crippen LogP contribution in [0.3, 0.4) is 0 Å². The monoisotopic (exact) mass is 281 g/mol. The number of hydrogen-bond donors (Lipinski definition) is 2. The van der Waals surface area contributed by atoms with Crippen molar-refractivity contribution in [3.05, 3.63) is 28.3 Å². The van der Waals surface area contributed by atoms with E-state index in [1.165, 1.54) is 19.2 Å². The maximum Gasteiger partial charge on any atom is 0.328 e. The number of carbonyl (C=O) groups excluding carboxylic acids is 1. The van der Waals surface area contributed by atoms with Crippen LogP contribution in [0.5, 0.6) is 0 Å². The van der Waals surface area contributed by atoms with Gasteiger partial charge in [-0.05, 0) is 12.0 Å². The van der Waals surface area contributed by atoms with Crippen molar-refractivity contribution in [2.75, 3.05) is 24.8 Å². The van der Waals surface area contributed by atoms with Crippen LogP contribution < -0.4 is 10.6 Å². The SMILES string of the molecule is CNc1cc(NC(C(=O)OC)C(C)C)cc([N+](=O)[O-])c1. The molecule has 0 amide bonds. The molecule has 0 aliphatic rings. The smallest absolute Gasteiger partial charge is 0.328 e. The Hall–Kier alpha value is -2.31. The lowest BCUT2D eigenvalue weighted by Crippen LogP contribution is -2.35. The quantitative estimate of drug-likeness (QED) is 0.472. The lowest BCUT2D eigenvalue weighted by Gasteiger charge is -2.21. The number of ether oxygens (including phenoxy) is 1. The van der Waals surface area contributed by atoms with Crippen molar-refractivity contribution < 1.29 is 14.5 Å². The van der Waals surface area contributed by atoms with E-state index in [1.807, 2.05) is 13.8 Å². The highest BCUT2D eigenvalue weighted by atomic mass is 16.6. The topological polar surface area (TPSA) is 93.5 Å². The van der Waals surface area contributed by atoms with Crippen LogP contribution in [0.4, 0.5) is 17.1 Å². The molecule has 1 atom stereocenters. The molecule has 0 aliphatic heterocycles. The van der Waals surface area contributed by atoms with Crippen LogP contribution >= 0.6 is 0 Å². The average molecular weight is 281 g/mol. The summed E-state index contributed by atoms with van der Waals surface area (Å²) in [5, 5.41) is 16.7. The van der Waals surface area contributed by atoms with Crippen LogP contribution in [-0.2, 0) is 9.53 Å². The number of carbonyl (C=O) groups is 1. The van der Waals surface area contributed by atoms with E-state index in [2.05, 4.69) is 10.6 Å². The van der Waals surface area contributed by atoms with Gasteiger partial charge in [-0.1, -0.05) is 13.8 Å². The molecular formula is C13H19N3O4. The molecule has 1 aromatic rings. The first-order valence-electron chi connectivity index (χ1n) is 6.20. The zero-order valence-corrected chi connectivity index (χ0v) is 12.0. The second kappa shape index (κ2) is 6.74. The maximum absolute atomic E-state index is 11.7. The largest absolute Gasteiger partial charge is 0.467 e. The summed E-state index contributed by atoms with van der Waals surface area (Å²) in [4.78, 5) is 22.1. The summed E-state index contributed by atoms with van der Waals surface area (Å²) >= 11 is 0. The standard InChI is InChI=1S/C13H19N3O4/c1-8(2)12(13(17)20-4)15-10-5-9(14-3)6-11(7-10)16(18)19/h5-8,12,14-15H,1-4H3. The summed E-state index contributed by atoms with van der Waals surface area (Å²) in [5.74, 6) is -0.419. The van der Waals surface area contributed by atoms with Gasteiger partial charge in [-0.25, -0.2) is 4.79 Å². The summed E-state index contributed by atoms with van der Waals surface area (Å²) in [7, 11) is 2.98. The third-order valence-electron chi connectivity index (χ3n) is 2.86. The van der Waals surface area contributed by atoms with Crippen LogP contribution in [0.25, 0.3) is 0 Å². The molecule has 0 fully saturated rings. The van der Waals surface area contributed by atoms with Crippen molar-refractivity contribution in [3.8, 4) is 0 Å². The molecule has 2 N–H and O–H groups in total. The molecule has 0 bridgehead atoms. The van der Waals surface area contributed by atoms with E-state index in [-0.39, 0.29) is 11.6 Å². The van der Waals surface area contributed by atoms with Gasteiger partial charge in [0.05, 0.1) is 12.0 Å². The maximum atomic E-state index is 11.7. The van der Waals surface area contributed by atoms with E-state index in [4.69, 9.17) is 4.74 Å². The number of nitro benzene ring substituents is 1. The second-order valence-electron chi connectivity index (χ2n) is 4.66. The fourth-order valence-electron chi connectivity index (χ4n) is 1.75. The molecule has 7 heteroatoms. The van der Waals surface area contributed by atoms with Gasteiger partial charge in [0.15, 0.2) is 0 Å². The minimum atomic E-state index is -0.563. The third-order valence-corrected chi connectivity index (χ3v) is 2.86. The summed E-state index contributed by atoms with van der Waals surface area (Å²) in [5.41, 5.74) is 1.04. The Balaban J connectivity index is 3.08. The number of non-ortho nitro benzene ring substituents is 1. The number of nitrogens with zero attached hydrogens (tertiary/aromatic N) is 1. The highest BCUT2D eigenvalue weighted by Gasteiger charge is 2.23. The van der Waals surface area contributed by atoms with Crippen LogP contribution in [-0.4, -0.2) is 31.1 Å². The molecule has 1 unspecified atom stereocenters. The van der Waals surface area contributed by atoms with Crippen LogP contribution in [0.15, 0.2) is 18.2 Å². The molecule has 0 saturated carbocycles. The minimum Gasteiger partial charge on any atom is -0.467 e. The first-order valence-corrected chi connectivity index (χ1v) is 6.20. The zero-order chi connectivity index (χ0) is 15.3. The fourth-order valence-corrected chi connectivity index (χ4v) is 1.75. The highest BCUT2D eigenvalue weighted by molar-refractivity contribution is 5.80. The van der Waals surface area contributed by atoms with Crippen molar-refractivity contribution in [2.24, 2.45) is 5.92 Å². The number of esters is 1. The summed E-state index contributed by atoms with van der Waals surface area (Å²) < 4.78 is 4.73. The molecule has 0 aromatic heterocycles. The van der Waals surface area contributed by atoms with E-state index in [0.29, 0.717) is 11.4 Å². The van der Waals surface area contributed by atoms with Crippen molar-refractivity contribution in [3.63, 3.8) is 0 Å². The number of hydrogen-bond acceptors (Lipinski definition) is 6.